The van der Waals surface area contributed by atoms with Crippen LogP contribution in [-0.4, -0.2) is 41.5 Å². The minimum atomic E-state index is -3.89. The number of piperidine rings is 1. The quantitative estimate of drug-likeness (QED) is 0.579. The van der Waals surface area contributed by atoms with Crippen molar-refractivity contribution in [3.8, 4) is 0 Å². The highest BCUT2D eigenvalue weighted by molar-refractivity contribution is 7.89. The van der Waals surface area contributed by atoms with Crippen LogP contribution < -0.4 is 0 Å². The molecule has 2 heterocycles. The molecule has 6 nitrogen and oxygen atoms in total. The number of sulfonamides is 1. The lowest BCUT2D eigenvalue weighted by Crippen LogP contribution is -2.38. The zero-order valence-corrected chi connectivity index (χ0v) is 18.8. The number of carboxylic acids is 1. The molecule has 0 bridgehead atoms. The van der Waals surface area contributed by atoms with Gasteiger partial charge in [-0.3, -0.25) is 4.79 Å². The average molecular weight is 483 g/mol. The number of hydrogen-bond donors (Lipinski definition) is 1. The Morgan fingerprint density at radius 3 is 2.38 bits per heavy atom. The molecule has 0 amide bonds. The molecule has 0 radical (unpaired) electrons. The van der Waals surface area contributed by atoms with E-state index in [4.69, 9.17) is 11.6 Å². The first-order valence-electron chi connectivity index (χ1n) is 10.0. The SMILES string of the molecule is Cc1c(C2CCN(S(=O)(=O)c3ccc(F)cc3Cl)CC2)c2cc(F)ccc2n1CC(=O)O. The molecule has 0 aliphatic carbocycles. The second kappa shape index (κ2) is 8.46. The van der Waals surface area contributed by atoms with Crippen LogP contribution in [-0.2, 0) is 21.4 Å². The number of rotatable bonds is 5. The van der Waals surface area contributed by atoms with Crippen LogP contribution >= 0.6 is 11.6 Å². The maximum atomic E-state index is 14.0. The molecule has 0 atom stereocenters. The van der Waals surface area contributed by atoms with E-state index >= 15 is 0 Å². The molecule has 1 saturated heterocycles. The Kier molecular flexibility index (Phi) is 6.00. The second-order valence-corrected chi connectivity index (χ2v) is 10.2. The first-order chi connectivity index (χ1) is 15.1. The Balaban J connectivity index is 1.64. The largest absolute Gasteiger partial charge is 0.480 e. The van der Waals surface area contributed by atoms with E-state index in [1.807, 2.05) is 0 Å². The molecule has 1 aliphatic heterocycles. The normalized spacial score (nSPS) is 16.0. The minimum absolute atomic E-state index is 0.0653. The van der Waals surface area contributed by atoms with Gasteiger partial charge in [-0.1, -0.05) is 11.6 Å². The summed E-state index contributed by atoms with van der Waals surface area (Å²) in [4.78, 5) is 11.2. The fraction of sp³-hybridized carbons (Fsp3) is 0.318. The third-order valence-corrected chi connectivity index (χ3v) is 8.38. The molecule has 10 heteroatoms. The predicted molar refractivity (Wildman–Crippen MR) is 116 cm³/mol. The smallest absolute Gasteiger partial charge is 0.323 e. The van der Waals surface area contributed by atoms with E-state index in [0.717, 1.165) is 29.5 Å². The van der Waals surface area contributed by atoms with Crippen LogP contribution in [0.2, 0.25) is 5.02 Å². The van der Waals surface area contributed by atoms with E-state index in [-0.39, 0.29) is 35.5 Å². The second-order valence-electron chi connectivity index (χ2n) is 7.89. The summed E-state index contributed by atoms with van der Waals surface area (Å²) in [5.41, 5.74) is 2.21. The van der Waals surface area contributed by atoms with Crippen molar-refractivity contribution in [2.24, 2.45) is 0 Å². The maximum absolute atomic E-state index is 14.0. The van der Waals surface area contributed by atoms with Gasteiger partial charge < -0.3 is 9.67 Å². The highest BCUT2D eigenvalue weighted by Gasteiger charge is 2.33. The van der Waals surface area contributed by atoms with Gasteiger partial charge in [0.1, 0.15) is 23.1 Å². The van der Waals surface area contributed by atoms with E-state index in [2.05, 4.69) is 0 Å². The molecule has 0 unspecified atom stereocenters. The van der Waals surface area contributed by atoms with Gasteiger partial charge in [0.05, 0.1) is 5.02 Å². The van der Waals surface area contributed by atoms with Crippen molar-refractivity contribution in [1.82, 2.24) is 8.87 Å². The first kappa shape index (κ1) is 22.7. The summed E-state index contributed by atoms with van der Waals surface area (Å²) in [7, 11) is -3.89. The summed E-state index contributed by atoms with van der Waals surface area (Å²) in [6, 6.07) is 7.45. The first-order valence-corrected chi connectivity index (χ1v) is 11.9. The van der Waals surface area contributed by atoms with Crippen LogP contribution in [0.3, 0.4) is 0 Å². The standard InChI is InChI=1S/C22H21ClF2N2O4S/c1-13-22(17-10-15(24)2-4-19(17)27(13)12-21(28)29)14-6-8-26(9-7-14)32(30,31)20-5-3-16(25)11-18(20)23/h2-5,10-11,14H,6-9,12H2,1H3,(H,28,29). The fourth-order valence-corrected chi connectivity index (χ4v) is 6.52. The lowest BCUT2D eigenvalue weighted by molar-refractivity contribution is -0.137. The number of fused-ring (bicyclic) bond motifs is 1. The van der Waals surface area contributed by atoms with E-state index in [1.54, 1.807) is 17.6 Å². The Labute approximate surface area is 189 Å². The van der Waals surface area contributed by atoms with Crippen LogP contribution in [0.1, 0.15) is 30.0 Å². The van der Waals surface area contributed by atoms with Crippen LogP contribution in [0.25, 0.3) is 10.9 Å². The van der Waals surface area contributed by atoms with E-state index in [9.17, 15) is 27.1 Å². The van der Waals surface area contributed by atoms with Gasteiger partial charge in [-0.15, -0.1) is 0 Å². The summed E-state index contributed by atoms with van der Waals surface area (Å²) in [6.45, 7) is 1.98. The van der Waals surface area contributed by atoms with Crippen LogP contribution in [0.4, 0.5) is 8.78 Å². The van der Waals surface area contributed by atoms with Crippen molar-refractivity contribution in [3.05, 3.63) is 64.3 Å². The zero-order chi connectivity index (χ0) is 23.2. The molecule has 1 aromatic heterocycles. The van der Waals surface area contributed by atoms with Crippen molar-refractivity contribution in [2.75, 3.05) is 13.1 Å². The topological polar surface area (TPSA) is 79.6 Å². The molecule has 3 aromatic rings. The number of halogens is 3. The molecule has 1 fully saturated rings. The zero-order valence-electron chi connectivity index (χ0n) is 17.2. The van der Waals surface area contributed by atoms with Crippen molar-refractivity contribution in [2.45, 2.75) is 37.1 Å². The Morgan fingerprint density at radius 1 is 1.12 bits per heavy atom. The third-order valence-electron chi connectivity index (χ3n) is 6.00. The fourth-order valence-electron chi connectivity index (χ4n) is 4.54. The molecule has 32 heavy (non-hydrogen) atoms. The Hall–Kier alpha value is -2.49. The van der Waals surface area contributed by atoms with Gasteiger partial charge in [-0.05, 0) is 67.6 Å². The van der Waals surface area contributed by atoms with Gasteiger partial charge >= 0.3 is 5.97 Å². The van der Waals surface area contributed by atoms with Crippen molar-refractivity contribution in [1.29, 1.82) is 0 Å². The molecule has 2 aromatic carbocycles. The molecule has 1 aliphatic rings. The molecular formula is C22H21ClF2N2O4S. The van der Waals surface area contributed by atoms with Crippen molar-refractivity contribution in [3.63, 3.8) is 0 Å². The van der Waals surface area contributed by atoms with E-state index in [1.165, 1.54) is 16.4 Å². The van der Waals surface area contributed by atoms with Crippen LogP contribution in [0.15, 0.2) is 41.3 Å². The Morgan fingerprint density at radius 2 is 1.75 bits per heavy atom. The molecule has 170 valence electrons. The van der Waals surface area contributed by atoms with E-state index in [0.29, 0.717) is 23.7 Å². The molecule has 1 N–H and O–H groups in total. The van der Waals surface area contributed by atoms with Gasteiger partial charge in [0.15, 0.2) is 0 Å². The third kappa shape index (κ3) is 4.00. The molecular weight excluding hydrogens is 462 g/mol. The van der Waals surface area contributed by atoms with Gasteiger partial charge in [0.25, 0.3) is 0 Å². The summed E-state index contributed by atoms with van der Waals surface area (Å²) >= 11 is 5.97. The van der Waals surface area contributed by atoms with Crippen LogP contribution in [0.5, 0.6) is 0 Å². The van der Waals surface area contributed by atoms with Gasteiger partial charge in [-0.2, -0.15) is 4.31 Å². The lowest BCUT2D eigenvalue weighted by Gasteiger charge is -2.32. The molecule has 4 rings (SSSR count). The highest BCUT2D eigenvalue weighted by atomic mass is 35.5. The Bertz CT molecular complexity index is 1320. The van der Waals surface area contributed by atoms with Gasteiger partial charge in [-0.25, -0.2) is 17.2 Å². The van der Waals surface area contributed by atoms with Crippen molar-refractivity contribution < 1.29 is 27.1 Å². The number of benzene rings is 2. The van der Waals surface area contributed by atoms with Crippen molar-refractivity contribution >= 4 is 38.5 Å². The molecule has 0 spiro atoms. The highest BCUT2D eigenvalue weighted by Crippen LogP contribution is 2.39. The summed E-state index contributed by atoms with van der Waals surface area (Å²) in [5.74, 6) is -2.10. The van der Waals surface area contributed by atoms with Gasteiger partial charge in [0, 0.05) is 29.7 Å². The minimum Gasteiger partial charge on any atom is -0.480 e. The number of nitrogens with zero attached hydrogens (tertiary/aromatic N) is 2. The monoisotopic (exact) mass is 482 g/mol. The van der Waals surface area contributed by atoms with Crippen LogP contribution in [0, 0.1) is 18.6 Å². The summed E-state index contributed by atoms with van der Waals surface area (Å²) < 4.78 is 56.3. The van der Waals surface area contributed by atoms with E-state index < -0.39 is 27.6 Å². The number of aromatic nitrogens is 1. The molecule has 0 saturated carbocycles. The summed E-state index contributed by atoms with van der Waals surface area (Å²) in [5, 5.41) is 9.77. The number of carbonyl (C=O) groups is 1. The van der Waals surface area contributed by atoms with Gasteiger partial charge in [0.2, 0.25) is 10.0 Å². The maximum Gasteiger partial charge on any atom is 0.323 e. The lowest BCUT2D eigenvalue weighted by atomic mass is 9.88. The summed E-state index contributed by atoms with van der Waals surface area (Å²) in [6.07, 6.45) is 0.948. The predicted octanol–water partition coefficient (Wildman–Crippen LogP) is 4.53. The number of hydrogen-bond acceptors (Lipinski definition) is 3. The number of aliphatic carboxylic acids is 1. The number of carboxylic acid groups (broad SMARTS) is 1. The average Bonchev–Trinajstić information content (AvgIpc) is 2.98.